The van der Waals surface area contributed by atoms with E-state index >= 15 is 0 Å². The summed E-state index contributed by atoms with van der Waals surface area (Å²) < 4.78 is 0. The third kappa shape index (κ3) is 17.5. The first-order valence-corrected chi connectivity index (χ1v) is 9.07. The summed E-state index contributed by atoms with van der Waals surface area (Å²) in [7, 11) is 0. The van der Waals surface area contributed by atoms with Crippen molar-refractivity contribution in [2.24, 2.45) is 0 Å². The molecule has 20 heavy (non-hydrogen) atoms. The van der Waals surface area contributed by atoms with Crippen molar-refractivity contribution in [1.29, 1.82) is 0 Å². The number of allylic oxidation sites excluding steroid dienone is 4. The van der Waals surface area contributed by atoms with Crippen molar-refractivity contribution in [3.63, 3.8) is 0 Å². The molecule has 0 atom stereocenters. The van der Waals surface area contributed by atoms with Gasteiger partial charge >= 0.3 is 0 Å². The van der Waals surface area contributed by atoms with Gasteiger partial charge in [-0.2, -0.15) is 0 Å². The van der Waals surface area contributed by atoms with E-state index in [1.165, 1.54) is 89.0 Å². The molecule has 0 aliphatic rings. The zero-order valence-electron chi connectivity index (χ0n) is 14.4. The Bertz CT molecular complexity index is 230. The van der Waals surface area contributed by atoms with Crippen LogP contribution in [0, 0.1) is 0 Å². The van der Waals surface area contributed by atoms with Crippen molar-refractivity contribution < 1.29 is 0 Å². The number of hydrogen-bond donors (Lipinski definition) is 0. The van der Waals surface area contributed by atoms with Crippen molar-refractivity contribution in [3.8, 4) is 0 Å². The molecule has 0 fully saturated rings. The minimum atomic E-state index is 1.25. The molecule has 0 aromatic rings. The average Bonchev–Trinajstić information content (AvgIpc) is 2.43. The highest BCUT2D eigenvalue weighted by Gasteiger charge is 1.92. The molecule has 0 aliphatic heterocycles. The predicted octanol–water partition coefficient (Wildman–Crippen LogP) is 7.60. The van der Waals surface area contributed by atoms with Gasteiger partial charge in [0.25, 0.3) is 0 Å². The molecule has 0 heterocycles. The van der Waals surface area contributed by atoms with Crippen molar-refractivity contribution >= 4 is 0 Å². The van der Waals surface area contributed by atoms with Gasteiger partial charge in [-0.1, -0.05) is 101 Å². The largest absolute Gasteiger partial charge is 0.0845 e. The maximum absolute atomic E-state index is 2.31. The molecule has 0 amide bonds. The van der Waals surface area contributed by atoms with Gasteiger partial charge in [-0.05, 0) is 26.7 Å². The molecule has 0 rings (SSSR count). The second-order valence-electron chi connectivity index (χ2n) is 6.35. The van der Waals surface area contributed by atoms with Crippen LogP contribution in [0.4, 0.5) is 0 Å². The van der Waals surface area contributed by atoms with Gasteiger partial charge < -0.3 is 0 Å². The van der Waals surface area contributed by atoms with Crippen molar-refractivity contribution in [2.75, 3.05) is 0 Å². The zero-order valence-corrected chi connectivity index (χ0v) is 14.4. The summed E-state index contributed by atoms with van der Waals surface area (Å²) in [6.07, 6.45) is 25.2. The predicted molar refractivity (Wildman–Crippen MR) is 94.3 cm³/mol. The molecule has 118 valence electrons. The highest BCUT2D eigenvalue weighted by molar-refractivity contribution is 5.07. The standard InChI is InChI=1S/C20H38/c1-4-5-6-7-8-9-10-11-12-13-14-15-16-17-18-19-20(2)3/h17-19H,4-16H2,1-3H3. The Morgan fingerprint density at radius 1 is 0.650 bits per heavy atom. The van der Waals surface area contributed by atoms with Crippen LogP contribution in [-0.2, 0) is 0 Å². The third-order valence-corrected chi connectivity index (χ3v) is 3.79. The van der Waals surface area contributed by atoms with Gasteiger partial charge in [-0.25, -0.2) is 0 Å². The quantitative estimate of drug-likeness (QED) is 0.227. The van der Waals surface area contributed by atoms with Crippen LogP contribution < -0.4 is 0 Å². The minimum Gasteiger partial charge on any atom is -0.0845 e. The smallest absolute Gasteiger partial charge is 0.0348 e. The van der Waals surface area contributed by atoms with E-state index in [2.05, 4.69) is 39.0 Å². The molecule has 0 aromatic heterocycles. The number of hydrogen-bond acceptors (Lipinski definition) is 0. The molecule has 0 nitrogen and oxygen atoms in total. The molecule has 0 heteroatoms. The third-order valence-electron chi connectivity index (χ3n) is 3.79. The first-order valence-electron chi connectivity index (χ1n) is 9.07. The first-order chi connectivity index (χ1) is 9.77. The summed E-state index contributed by atoms with van der Waals surface area (Å²) in [5.74, 6) is 0. The topological polar surface area (TPSA) is 0 Å². The van der Waals surface area contributed by atoms with Crippen molar-refractivity contribution in [1.82, 2.24) is 0 Å². The highest BCUT2D eigenvalue weighted by Crippen LogP contribution is 2.12. The van der Waals surface area contributed by atoms with Crippen LogP contribution in [-0.4, -0.2) is 0 Å². The lowest BCUT2D eigenvalue weighted by Gasteiger charge is -2.02. The van der Waals surface area contributed by atoms with Gasteiger partial charge in [0.05, 0.1) is 0 Å². The van der Waals surface area contributed by atoms with Gasteiger partial charge in [-0.3, -0.25) is 0 Å². The van der Waals surface area contributed by atoms with Gasteiger partial charge in [-0.15, -0.1) is 0 Å². The van der Waals surface area contributed by atoms with E-state index in [0.29, 0.717) is 0 Å². The van der Waals surface area contributed by atoms with Crippen LogP contribution in [0.3, 0.4) is 0 Å². The Kier molecular flexibility index (Phi) is 16.1. The molecule has 0 aliphatic carbocycles. The van der Waals surface area contributed by atoms with E-state index in [1.807, 2.05) is 0 Å². The fourth-order valence-corrected chi connectivity index (χ4v) is 2.46. The molecule has 0 N–H and O–H groups in total. The Morgan fingerprint density at radius 3 is 1.55 bits per heavy atom. The van der Waals surface area contributed by atoms with Crippen molar-refractivity contribution in [2.45, 2.75) is 104 Å². The molecular weight excluding hydrogens is 240 g/mol. The van der Waals surface area contributed by atoms with E-state index in [9.17, 15) is 0 Å². The SMILES string of the molecule is CCCCCCCCCCCCCCC=CC=C(C)C. The Balaban J connectivity index is 3.06. The Morgan fingerprint density at radius 2 is 1.10 bits per heavy atom. The van der Waals surface area contributed by atoms with Gasteiger partial charge in [0.1, 0.15) is 0 Å². The van der Waals surface area contributed by atoms with Gasteiger partial charge in [0, 0.05) is 0 Å². The lowest BCUT2D eigenvalue weighted by atomic mass is 10.0. The maximum atomic E-state index is 2.31. The molecule has 0 spiro atoms. The molecule has 0 saturated carbocycles. The van der Waals surface area contributed by atoms with Crippen LogP contribution in [0.25, 0.3) is 0 Å². The maximum Gasteiger partial charge on any atom is -0.0348 e. The molecular formula is C20H38. The highest BCUT2D eigenvalue weighted by atomic mass is 14.0. The van der Waals surface area contributed by atoms with E-state index in [-0.39, 0.29) is 0 Å². The van der Waals surface area contributed by atoms with Crippen LogP contribution >= 0.6 is 0 Å². The summed E-state index contributed by atoms with van der Waals surface area (Å²) in [6, 6.07) is 0. The molecule has 0 bridgehead atoms. The van der Waals surface area contributed by atoms with Crippen LogP contribution in [0.15, 0.2) is 23.8 Å². The van der Waals surface area contributed by atoms with E-state index < -0.39 is 0 Å². The minimum absolute atomic E-state index is 1.25. The van der Waals surface area contributed by atoms with Crippen LogP contribution in [0.2, 0.25) is 0 Å². The Hall–Kier alpha value is -0.520. The number of unbranched alkanes of at least 4 members (excludes halogenated alkanes) is 12. The normalized spacial score (nSPS) is 11.2. The van der Waals surface area contributed by atoms with Crippen LogP contribution in [0.1, 0.15) is 104 Å². The van der Waals surface area contributed by atoms with Gasteiger partial charge in [0.15, 0.2) is 0 Å². The second-order valence-corrected chi connectivity index (χ2v) is 6.35. The van der Waals surface area contributed by atoms with E-state index in [4.69, 9.17) is 0 Å². The summed E-state index contributed by atoms with van der Waals surface area (Å²) in [5.41, 5.74) is 1.39. The monoisotopic (exact) mass is 278 g/mol. The summed E-state index contributed by atoms with van der Waals surface area (Å²) in [6.45, 7) is 6.58. The summed E-state index contributed by atoms with van der Waals surface area (Å²) in [4.78, 5) is 0. The summed E-state index contributed by atoms with van der Waals surface area (Å²) in [5, 5.41) is 0. The zero-order chi connectivity index (χ0) is 14.9. The summed E-state index contributed by atoms with van der Waals surface area (Å²) >= 11 is 0. The van der Waals surface area contributed by atoms with Crippen LogP contribution in [0.5, 0.6) is 0 Å². The molecule has 0 radical (unpaired) electrons. The molecule has 0 unspecified atom stereocenters. The first kappa shape index (κ1) is 19.5. The average molecular weight is 279 g/mol. The van der Waals surface area contributed by atoms with Gasteiger partial charge in [0.2, 0.25) is 0 Å². The lowest BCUT2D eigenvalue weighted by molar-refractivity contribution is 0.545. The molecule has 0 saturated heterocycles. The van der Waals surface area contributed by atoms with E-state index in [1.54, 1.807) is 0 Å². The van der Waals surface area contributed by atoms with E-state index in [0.717, 1.165) is 0 Å². The second kappa shape index (κ2) is 16.5. The lowest BCUT2D eigenvalue weighted by Crippen LogP contribution is -1.82. The number of rotatable bonds is 14. The fraction of sp³-hybridized carbons (Fsp3) is 0.800. The molecule has 0 aromatic carbocycles. The van der Waals surface area contributed by atoms with Crippen molar-refractivity contribution in [3.05, 3.63) is 23.8 Å². The fourth-order valence-electron chi connectivity index (χ4n) is 2.46. The Labute approximate surface area is 128 Å².